The van der Waals surface area contributed by atoms with Crippen molar-refractivity contribution in [2.45, 2.75) is 0 Å². The van der Waals surface area contributed by atoms with Crippen molar-refractivity contribution < 1.29 is 0 Å². The molecule has 8 heterocycles. The maximum Gasteiger partial charge on any atom is 0.138 e. The predicted octanol–water partition coefficient (Wildman–Crippen LogP) is 30.3. The molecule has 0 spiro atoms. The Kier molecular flexibility index (Phi) is 22.6. The number of fused-ring (bicyclic) bond motifs is 12. The van der Waals surface area contributed by atoms with E-state index in [2.05, 4.69) is 288 Å². The Morgan fingerprint density at radius 3 is 0.618 bits per heavy atom. The zero-order chi connectivity index (χ0) is 95.6. The van der Waals surface area contributed by atoms with E-state index in [0.717, 1.165) is 265 Å². The van der Waals surface area contributed by atoms with Crippen LogP contribution in [-0.2, 0) is 0 Å². The smallest absolute Gasteiger partial charge is 0.138 e. The van der Waals surface area contributed by atoms with E-state index < -0.39 is 0 Å². The van der Waals surface area contributed by atoms with Gasteiger partial charge >= 0.3 is 0 Å². The molecule has 17 nitrogen and oxygen atoms in total. The summed E-state index contributed by atoms with van der Waals surface area (Å²) in [7, 11) is 0. The van der Waals surface area contributed by atoms with Gasteiger partial charge in [-0.1, -0.05) is 364 Å². The van der Waals surface area contributed by atoms with Crippen LogP contribution < -0.4 is 0 Å². The largest absolute Gasteiger partial charge is 0.244 e. The predicted molar refractivity (Wildman–Crippen MR) is 584 cm³/mol. The van der Waals surface area contributed by atoms with Gasteiger partial charge in [0.1, 0.15) is 18.3 Å². The molecule has 8 aromatic heterocycles. The van der Waals surface area contributed by atoms with Crippen LogP contribution in [0.5, 0.6) is 0 Å². The zero-order valence-corrected chi connectivity index (χ0v) is 77.2. The van der Waals surface area contributed by atoms with Gasteiger partial charge in [-0.3, -0.25) is 0 Å². The van der Waals surface area contributed by atoms with E-state index in [1.54, 1.807) is 24.9 Å². The fourth-order valence-corrected chi connectivity index (χ4v) is 20.3. The van der Waals surface area contributed by atoms with E-state index in [9.17, 15) is 0 Å². The fourth-order valence-electron chi connectivity index (χ4n) is 20.3. The van der Waals surface area contributed by atoms with Crippen LogP contribution in [0.4, 0.5) is 0 Å². The van der Waals surface area contributed by atoms with Gasteiger partial charge in [-0.15, -0.1) is 10.2 Å². The minimum Gasteiger partial charge on any atom is -0.244 e. The molecule has 0 saturated carbocycles. The minimum atomic E-state index is 0.740. The third-order valence-electron chi connectivity index (χ3n) is 26.4. The number of hydrogen-bond donors (Lipinski definition) is 0. The molecule has 0 atom stereocenters. The Labute approximate surface area is 825 Å². The lowest BCUT2D eigenvalue weighted by Crippen LogP contribution is -1.99. The van der Waals surface area contributed by atoms with Gasteiger partial charge in [-0.2, -0.15) is 20.4 Å². The van der Waals surface area contributed by atoms with Crippen molar-refractivity contribution in [1.82, 2.24) is 85.4 Å². The van der Waals surface area contributed by atoms with Crippen LogP contribution in [0.3, 0.4) is 0 Å². The second kappa shape index (κ2) is 37.9. The maximum atomic E-state index is 5.24. The lowest BCUT2D eigenvalue weighted by molar-refractivity contribution is 0.978. The van der Waals surface area contributed by atoms with Gasteiger partial charge in [0, 0.05) is 90.9 Å². The van der Waals surface area contributed by atoms with E-state index >= 15 is 0 Å². The summed E-state index contributed by atoms with van der Waals surface area (Å²) in [6.07, 6.45) is 13.8. The molecule has 0 unspecified atom stereocenters. The quantitative estimate of drug-likeness (QED) is 0.104. The van der Waals surface area contributed by atoms with Crippen LogP contribution in [0.2, 0.25) is 0 Å². The number of rotatable bonds is 12. The van der Waals surface area contributed by atoms with Gasteiger partial charge in [0.15, 0.2) is 0 Å². The lowest BCUT2D eigenvalue weighted by atomic mass is 9.87. The number of benzene rings is 20. The lowest BCUT2D eigenvalue weighted by Gasteiger charge is -2.18. The van der Waals surface area contributed by atoms with E-state index in [4.69, 9.17) is 39.9 Å². The number of nitrogens with zero attached hydrogens (tertiary/aromatic N) is 17. The topological polar surface area (TPSA) is 219 Å². The summed E-state index contributed by atoms with van der Waals surface area (Å²) in [6, 6.07) is 147. The van der Waals surface area contributed by atoms with Crippen molar-refractivity contribution in [3.05, 3.63) is 481 Å². The average molecular weight is 1840 g/mol. The molecule has 0 radical (unpaired) electrons. The van der Waals surface area contributed by atoms with E-state index in [1.807, 2.05) is 207 Å². The van der Waals surface area contributed by atoms with Crippen molar-refractivity contribution in [1.29, 1.82) is 0 Å². The third-order valence-corrected chi connectivity index (χ3v) is 26.4. The Bertz CT molecular complexity index is 8420. The van der Waals surface area contributed by atoms with E-state index in [-0.39, 0.29) is 0 Å². The molecule has 0 aliphatic heterocycles. The Balaban J connectivity index is 0.000000101. The third kappa shape index (κ3) is 15.8. The second-order valence-corrected chi connectivity index (χ2v) is 34.8. The molecular formula is C127H79N17. The first-order valence-electron chi connectivity index (χ1n) is 47.5. The fraction of sp³-hybridized carbons (Fsp3) is 0. The van der Waals surface area contributed by atoms with Crippen LogP contribution in [0.1, 0.15) is 0 Å². The molecule has 20 aromatic carbocycles. The first kappa shape index (κ1) is 85.7. The summed E-state index contributed by atoms with van der Waals surface area (Å²) in [5.41, 5.74) is 30.4. The second-order valence-electron chi connectivity index (χ2n) is 34.8. The van der Waals surface area contributed by atoms with Crippen molar-refractivity contribution in [2.24, 2.45) is 0 Å². The van der Waals surface area contributed by atoms with Gasteiger partial charge in [-0.25, -0.2) is 54.8 Å². The molecular weight excluding hydrogens is 1760 g/mol. The normalized spacial score (nSPS) is 11.3. The number of aromatic nitrogens is 17. The van der Waals surface area contributed by atoms with Crippen molar-refractivity contribution in [3.63, 3.8) is 0 Å². The van der Waals surface area contributed by atoms with Crippen molar-refractivity contribution in [3.8, 4) is 135 Å². The summed E-state index contributed by atoms with van der Waals surface area (Å²) in [5.74, 6) is 0. The van der Waals surface area contributed by atoms with Gasteiger partial charge in [-0.05, 0) is 158 Å². The highest BCUT2D eigenvalue weighted by Gasteiger charge is 2.29. The molecule has 0 saturated heterocycles. The molecule has 144 heavy (non-hydrogen) atoms. The molecule has 0 amide bonds. The minimum absolute atomic E-state index is 0.740. The van der Waals surface area contributed by atoms with Crippen LogP contribution in [0.25, 0.3) is 265 Å². The van der Waals surface area contributed by atoms with Gasteiger partial charge in [0.2, 0.25) is 0 Å². The molecule has 0 aliphatic rings. The van der Waals surface area contributed by atoms with Gasteiger partial charge < -0.3 is 0 Å². The number of para-hydroxylation sites is 8. The Morgan fingerprint density at radius 1 is 0.125 bits per heavy atom. The maximum absolute atomic E-state index is 5.24. The molecule has 28 aromatic rings. The first-order chi connectivity index (χ1) is 71.5. The first-order valence-corrected chi connectivity index (χ1v) is 47.5. The van der Waals surface area contributed by atoms with E-state index in [0.29, 0.717) is 0 Å². The Morgan fingerprint density at radius 2 is 0.361 bits per heavy atom. The zero-order valence-electron chi connectivity index (χ0n) is 77.2. The molecule has 0 N–H and O–H groups in total. The van der Waals surface area contributed by atoms with Crippen LogP contribution >= 0.6 is 0 Å². The van der Waals surface area contributed by atoms with Gasteiger partial charge in [0.25, 0.3) is 0 Å². The summed E-state index contributed by atoms with van der Waals surface area (Å²) in [5, 5.41) is 43.1. The van der Waals surface area contributed by atoms with Crippen molar-refractivity contribution >= 4 is 130 Å². The molecule has 0 bridgehead atoms. The summed E-state index contributed by atoms with van der Waals surface area (Å²) < 4.78 is 0. The highest BCUT2D eigenvalue weighted by molar-refractivity contribution is 6.26. The Hall–Kier alpha value is -19.9. The number of hydrogen-bond acceptors (Lipinski definition) is 17. The highest BCUT2D eigenvalue weighted by Crippen LogP contribution is 2.52. The molecule has 28 rings (SSSR count). The summed E-state index contributed by atoms with van der Waals surface area (Å²) in [6.45, 7) is 0. The molecule has 672 valence electrons. The average Bonchev–Trinajstić information content (AvgIpc) is 0.737. The molecule has 0 aliphatic carbocycles. The monoisotopic (exact) mass is 1840 g/mol. The van der Waals surface area contributed by atoms with Gasteiger partial charge in [0.05, 0.1) is 114 Å². The van der Waals surface area contributed by atoms with E-state index in [1.165, 1.54) is 6.33 Å². The van der Waals surface area contributed by atoms with Crippen LogP contribution in [0.15, 0.2) is 481 Å². The van der Waals surface area contributed by atoms with Crippen molar-refractivity contribution in [2.75, 3.05) is 0 Å². The van der Waals surface area contributed by atoms with Crippen LogP contribution in [0, 0.1) is 0 Å². The molecule has 0 fully saturated rings. The van der Waals surface area contributed by atoms with Crippen LogP contribution in [-0.4, -0.2) is 85.4 Å². The summed E-state index contributed by atoms with van der Waals surface area (Å²) >= 11 is 0. The SMILES string of the molecule is c1ccc(-c2nc3ccccc3nc2-c2c3ccccc3c(-c3cccnn3)c3ccccc23)cc1.c1ccc(-c2nc3ccccc3nc2-c2c3ccccc3c(-c3ccnnc3)c3ccccc23)cc1.c1ccc(-c2nc3ccccc3nc2-c2c3ccccc3c(-c3cncnc3)c3ccccc23)cc1.c1ccc(-c2nc3ccccc3nc2-c2c3ccccc3c(-c3cncnn3)c3ccccc23)cc1. The standard InChI is InChI=1S/3C32H20N4.C31H19N5/c1-2-11-21(12-3-1)31-32(35-27-18-9-8-17-26(27)34-31)30-24-15-6-4-13-22(24)29(28-19-10-20-33-36-28)23-14-5-7-16-25(23)30;1-2-10-21(11-3-1)31-32(36-28-17-9-8-16-27(28)35-31)30-25-14-6-4-12-23(25)29(22-18-33-20-34-19-22)24-13-5-7-15-26(24)30;1-2-10-21(11-3-1)31-32(36-28-17-9-8-16-27(28)35-31)30-25-14-6-4-12-23(25)29(22-18-19-33-34-20-22)24-13-5-7-15-26(24)30;1-2-10-20(11-3-1)30-31(35-26-17-9-8-16-25(26)34-30)29-23-14-6-4-12-21(23)28(27-18-32-19-33-36-27)22-13-5-7-15-24(22)29/h3*1-20H;1-19H. The molecule has 17 heteroatoms. The highest BCUT2D eigenvalue weighted by atomic mass is 15.1. The summed E-state index contributed by atoms with van der Waals surface area (Å²) in [4.78, 5) is 54.3.